The van der Waals surface area contributed by atoms with Gasteiger partial charge in [-0.2, -0.15) is 0 Å². The fourth-order valence-electron chi connectivity index (χ4n) is 3.59. The fourth-order valence-corrected chi connectivity index (χ4v) is 4.84. The van der Waals surface area contributed by atoms with E-state index in [-0.39, 0.29) is 16.8 Å². The third-order valence-corrected chi connectivity index (χ3v) is 6.37. The molecule has 1 aromatic heterocycles. The number of nitrogens with zero attached hydrogens (tertiary/aromatic N) is 1. The van der Waals surface area contributed by atoms with Gasteiger partial charge in [-0.05, 0) is 49.6 Å². The molecule has 1 atom stereocenters. The summed E-state index contributed by atoms with van der Waals surface area (Å²) in [5.41, 5.74) is 1.67. The minimum absolute atomic E-state index is 0.0865. The zero-order valence-corrected chi connectivity index (χ0v) is 14.6. The van der Waals surface area contributed by atoms with Crippen LogP contribution in [0.2, 0.25) is 0 Å². The molecule has 132 valence electrons. The van der Waals surface area contributed by atoms with Gasteiger partial charge in [-0.1, -0.05) is 0 Å². The number of nitrogens with one attached hydrogen (secondary N) is 1. The number of furan rings is 1. The molecular formula is C18H20N2O4S. The minimum atomic E-state index is -3.63. The molecule has 1 amide bonds. The summed E-state index contributed by atoms with van der Waals surface area (Å²) in [5, 5.41) is 0. The van der Waals surface area contributed by atoms with Crippen molar-refractivity contribution in [2.24, 2.45) is 0 Å². The van der Waals surface area contributed by atoms with Crippen molar-refractivity contribution in [2.45, 2.75) is 43.0 Å². The molecule has 1 aliphatic carbocycles. The molecular weight excluding hydrogens is 340 g/mol. The topological polar surface area (TPSA) is 79.6 Å². The molecule has 4 rings (SSSR count). The SMILES string of the molecule is O=C1CCCN1c1ccc(S(=O)(=O)N[C@H]2CCCc3occc32)cc1. The van der Waals surface area contributed by atoms with Crippen molar-refractivity contribution in [2.75, 3.05) is 11.4 Å². The smallest absolute Gasteiger partial charge is 0.241 e. The molecule has 1 aliphatic heterocycles. The zero-order chi connectivity index (χ0) is 17.4. The summed E-state index contributed by atoms with van der Waals surface area (Å²) in [6, 6.07) is 8.09. The monoisotopic (exact) mass is 360 g/mol. The second-order valence-electron chi connectivity index (χ2n) is 6.51. The Balaban J connectivity index is 1.54. The molecule has 1 N–H and O–H groups in total. The zero-order valence-electron chi connectivity index (χ0n) is 13.8. The summed E-state index contributed by atoms with van der Waals surface area (Å²) in [6.07, 6.45) is 5.50. The Kier molecular flexibility index (Phi) is 4.13. The number of sulfonamides is 1. The molecule has 2 heterocycles. The first-order chi connectivity index (χ1) is 12.0. The number of rotatable bonds is 4. The van der Waals surface area contributed by atoms with Crippen LogP contribution >= 0.6 is 0 Å². The summed E-state index contributed by atoms with van der Waals surface area (Å²) in [4.78, 5) is 13.7. The van der Waals surface area contributed by atoms with E-state index in [1.54, 1.807) is 35.4 Å². The Hall–Kier alpha value is -2.12. The van der Waals surface area contributed by atoms with Gasteiger partial charge in [0.05, 0.1) is 17.2 Å². The molecule has 6 nitrogen and oxygen atoms in total. The first-order valence-corrected chi connectivity index (χ1v) is 10.0. The van der Waals surface area contributed by atoms with Gasteiger partial charge in [-0.25, -0.2) is 13.1 Å². The Morgan fingerprint density at radius 3 is 2.60 bits per heavy atom. The van der Waals surface area contributed by atoms with Crippen LogP contribution in [0, 0.1) is 0 Å². The van der Waals surface area contributed by atoms with Gasteiger partial charge in [0.1, 0.15) is 5.76 Å². The van der Waals surface area contributed by atoms with Gasteiger partial charge in [0.2, 0.25) is 15.9 Å². The first kappa shape index (κ1) is 16.4. The van der Waals surface area contributed by atoms with Crippen LogP contribution in [-0.2, 0) is 21.2 Å². The Bertz CT molecular complexity index is 886. The number of carbonyl (C=O) groups excluding carboxylic acids is 1. The molecule has 1 aromatic carbocycles. The molecule has 0 saturated carbocycles. The van der Waals surface area contributed by atoms with Crippen molar-refractivity contribution in [3.8, 4) is 0 Å². The van der Waals surface area contributed by atoms with Crippen molar-refractivity contribution < 1.29 is 17.6 Å². The number of amides is 1. The van der Waals surface area contributed by atoms with Gasteiger partial charge in [-0.15, -0.1) is 0 Å². The standard InChI is InChI=1S/C18H20N2O4S/c21-18-5-2-11-20(18)13-6-8-14(9-7-13)25(22,23)19-16-3-1-4-17-15(16)10-12-24-17/h6-10,12,16,19H,1-5,11H2/t16-/m0/s1. The Morgan fingerprint density at radius 2 is 1.88 bits per heavy atom. The van der Waals surface area contributed by atoms with Gasteiger partial charge < -0.3 is 9.32 Å². The van der Waals surface area contributed by atoms with Crippen LogP contribution in [0.3, 0.4) is 0 Å². The van der Waals surface area contributed by atoms with Crippen molar-refractivity contribution in [1.82, 2.24) is 4.72 Å². The van der Waals surface area contributed by atoms with Gasteiger partial charge in [0.15, 0.2) is 0 Å². The average Bonchev–Trinajstić information content (AvgIpc) is 3.24. The largest absolute Gasteiger partial charge is 0.469 e. The molecule has 25 heavy (non-hydrogen) atoms. The van der Waals surface area contributed by atoms with Crippen LogP contribution in [0.4, 0.5) is 5.69 Å². The lowest BCUT2D eigenvalue weighted by Gasteiger charge is -2.23. The van der Waals surface area contributed by atoms with Gasteiger partial charge in [0, 0.05) is 30.6 Å². The van der Waals surface area contributed by atoms with Crippen LogP contribution in [0.25, 0.3) is 0 Å². The summed E-state index contributed by atoms with van der Waals surface area (Å²) in [6.45, 7) is 0.689. The highest BCUT2D eigenvalue weighted by molar-refractivity contribution is 7.89. The van der Waals surface area contributed by atoms with Gasteiger partial charge in [-0.3, -0.25) is 4.79 Å². The molecule has 7 heteroatoms. The van der Waals surface area contributed by atoms with Crippen LogP contribution in [0.1, 0.15) is 43.0 Å². The summed E-state index contributed by atoms with van der Waals surface area (Å²) in [5.74, 6) is 0.949. The number of anilines is 1. The third kappa shape index (κ3) is 3.09. The maximum atomic E-state index is 12.7. The van der Waals surface area contributed by atoms with E-state index in [0.717, 1.165) is 42.7 Å². The second kappa shape index (κ2) is 6.31. The van der Waals surface area contributed by atoms with Crippen molar-refractivity contribution in [3.05, 3.63) is 47.9 Å². The number of benzene rings is 1. The summed E-state index contributed by atoms with van der Waals surface area (Å²) < 4.78 is 33.6. The molecule has 0 radical (unpaired) electrons. The Labute approximate surface area is 146 Å². The van der Waals surface area contributed by atoms with E-state index in [1.807, 2.05) is 6.07 Å². The highest BCUT2D eigenvalue weighted by atomic mass is 32.2. The van der Waals surface area contributed by atoms with Crippen molar-refractivity contribution in [3.63, 3.8) is 0 Å². The molecule has 0 bridgehead atoms. The highest BCUT2D eigenvalue weighted by Crippen LogP contribution is 2.32. The van der Waals surface area contributed by atoms with Crippen LogP contribution in [0.5, 0.6) is 0 Å². The summed E-state index contributed by atoms with van der Waals surface area (Å²) in [7, 11) is -3.63. The number of hydrogen-bond donors (Lipinski definition) is 1. The average molecular weight is 360 g/mol. The predicted molar refractivity (Wildman–Crippen MR) is 92.7 cm³/mol. The molecule has 0 unspecified atom stereocenters. The quantitative estimate of drug-likeness (QED) is 0.909. The number of carbonyl (C=O) groups is 1. The van der Waals surface area contributed by atoms with Gasteiger partial charge in [0.25, 0.3) is 0 Å². The maximum absolute atomic E-state index is 12.7. The first-order valence-electron chi connectivity index (χ1n) is 8.54. The van der Waals surface area contributed by atoms with Crippen LogP contribution in [0.15, 0.2) is 45.9 Å². The lowest BCUT2D eigenvalue weighted by Crippen LogP contribution is -2.30. The lowest BCUT2D eigenvalue weighted by atomic mass is 9.94. The second-order valence-corrected chi connectivity index (χ2v) is 8.22. The summed E-state index contributed by atoms with van der Waals surface area (Å²) >= 11 is 0. The Morgan fingerprint density at radius 1 is 1.08 bits per heavy atom. The predicted octanol–water partition coefficient (Wildman–Crippen LogP) is 2.76. The van der Waals surface area contributed by atoms with E-state index < -0.39 is 10.0 Å². The molecule has 1 fully saturated rings. The van der Waals surface area contributed by atoms with E-state index in [2.05, 4.69) is 4.72 Å². The maximum Gasteiger partial charge on any atom is 0.241 e. The van der Waals surface area contributed by atoms with Crippen LogP contribution < -0.4 is 9.62 Å². The van der Waals surface area contributed by atoms with E-state index in [9.17, 15) is 13.2 Å². The lowest BCUT2D eigenvalue weighted by molar-refractivity contribution is -0.117. The molecule has 0 spiro atoms. The van der Waals surface area contributed by atoms with Crippen molar-refractivity contribution >= 4 is 21.6 Å². The molecule has 2 aliphatic rings. The fraction of sp³-hybridized carbons (Fsp3) is 0.389. The van der Waals surface area contributed by atoms with E-state index in [1.165, 1.54) is 0 Å². The van der Waals surface area contributed by atoms with E-state index in [4.69, 9.17) is 4.42 Å². The number of aryl methyl sites for hydroxylation is 1. The minimum Gasteiger partial charge on any atom is -0.469 e. The number of fused-ring (bicyclic) bond motifs is 1. The molecule has 1 saturated heterocycles. The molecule has 2 aromatic rings. The van der Waals surface area contributed by atoms with Crippen LogP contribution in [-0.4, -0.2) is 20.9 Å². The van der Waals surface area contributed by atoms with E-state index >= 15 is 0 Å². The van der Waals surface area contributed by atoms with Crippen molar-refractivity contribution in [1.29, 1.82) is 0 Å². The highest BCUT2D eigenvalue weighted by Gasteiger charge is 2.28. The normalized spacial score (nSPS) is 20.7. The third-order valence-electron chi connectivity index (χ3n) is 4.88. The van der Waals surface area contributed by atoms with Gasteiger partial charge >= 0.3 is 0 Å². The van der Waals surface area contributed by atoms with E-state index in [0.29, 0.717) is 13.0 Å². The number of hydrogen-bond acceptors (Lipinski definition) is 4.